The Bertz CT molecular complexity index is 209. The summed E-state index contributed by atoms with van der Waals surface area (Å²) in [5.74, 6) is 0.0515. The van der Waals surface area contributed by atoms with Crippen LogP contribution in [0.25, 0.3) is 0 Å². The van der Waals surface area contributed by atoms with Gasteiger partial charge in [0.2, 0.25) is 5.82 Å². The molecule has 1 heterocycles. The van der Waals surface area contributed by atoms with Crippen LogP contribution in [0.2, 0.25) is 0 Å². The first-order valence-electron chi connectivity index (χ1n) is 2.89. The molecule has 0 unspecified atom stereocenters. The third-order valence-corrected chi connectivity index (χ3v) is 1.38. The Hall–Kier alpha value is -0.970. The van der Waals surface area contributed by atoms with Gasteiger partial charge in [-0.1, -0.05) is 0 Å². The molecule has 1 aromatic rings. The van der Waals surface area contributed by atoms with E-state index in [0.717, 1.165) is 0 Å². The maximum absolute atomic E-state index is 10.9. The van der Waals surface area contributed by atoms with Crippen LogP contribution < -0.4 is 5.32 Å². The molecule has 1 aromatic heterocycles. The molecule has 0 aliphatic heterocycles. The standard InChI is InChI=1S/C5H7N3OS/c1-2-6-5(9)4-7-3-10-8-4/h3H,2H2,1H3,(H,6,9). The molecule has 0 radical (unpaired) electrons. The second-order valence-electron chi connectivity index (χ2n) is 1.61. The van der Waals surface area contributed by atoms with E-state index in [1.165, 1.54) is 17.0 Å². The summed E-state index contributed by atoms with van der Waals surface area (Å²) < 4.78 is 3.75. The summed E-state index contributed by atoms with van der Waals surface area (Å²) in [6.45, 7) is 2.46. The van der Waals surface area contributed by atoms with Crippen LogP contribution in [0, 0.1) is 0 Å². The monoisotopic (exact) mass is 157 g/mol. The lowest BCUT2D eigenvalue weighted by Gasteiger charge is -1.93. The minimum absolute atomic E-state index is 0.205. The summed E-state index contributed by atoms with van der Waals surface area (Å²) in [5.41, 5.74) is 1.53. The van der Waals surface area contributed by atoms with Gasteiger partial charge in [0.25, 0.3) is 5.91 Å². The first-order valence-corrected chi connectivity index (χ1v) is 3.73. The lowest BCUT2D eigenvalue weighted by molar-refractivity contribution is 0.0947. The molecule has 0 saturated heterocycles. The first kappa shape index (κ1) is 7.14. The van der Waals surface area contributed by atoms with Crippen molar-refractivity contribution in [3.05, 3.63) is 11.3 Å². The lowest BCUT2D eigenvalue weighted by atomic mass is 10.5. The molecule has 0 spiro atoms. The van der Waals surface area contributed by atoms with Crippen LogP contribution in [0.15, 0.2) is 5.51 Å². The summed E-state index contributed by atoms with van der Waals surface area (Å²) in [4.78, 5) is 14.6. The highest BCUT2D eigenvalue weighted by Gasteiger charge is 2.05. The minimum atomic E-state index is -0.205. The number of nitrogens with zero attached hydrogens (tertiary/aromatic N) is 2. The first-order chi connectivity index (χ1) is 4.84. The van der Waals surface area contributed by atoms with Crippen molar-refractivity contribution in [1.82, 2.24) is 14.7 Å². The van der Waals surface area contributed by atoms with Gasteiger partial charge in [0, 0.05) is 6.54 Å². The molecule has 10 heavy (non-hydrogen) atoms. The molecule has 5 heteroatoms. The van der Waals surface area contributed by atoms with Gasteiger partial charge in [-0.25, -0.2) is 4.98 Å². The molecule has 1 N–H and O–H groups in total. The Kier molecular flexibility index (Phi) is 2.33. The Morgan fingerprint density at radius 3 is 3.20 bits per heavy atom. The Balaban J connectivity index is 2.59. The van der Waals surface area contributed by atoms with Crippen LogP contribution in [-0.2, 0) is 0 Å². The van der Waals surface area contributed by atoms with Gasteiger partial charge in [0.1, 0.15) is 5.51 Å². The van der Waals surface area contributed by atoms with Gasteiger partial charge in [-0.15, -0.1) is 0 Å². The summed E-state index contributed by atoms with van der Waals surface area (Å²) in [5, 5.41) is 2.59. The van der Waals surface area contributed by atoms with Crippen LogP contribution in [0.1, 0.15) is 17.5 Å². The molecule has 54 valence electrons. The highest BCUT2D eigenvalue weighted by molar-refractivity contribution is 7.03. The molecular weight excluding hydrogens is 150 g/mol. The molecule has 0 bridgehead atoms. The fraction of sp³-hybridized carbons (Fsp3) is 0.400. The smallest absolute Gasteiger partial charge is 0.290 e. The van der Waals surface area contributed by atoms with Crippen molar-refractivity contribution in [3.63, 3.8) is 0 Å². The third kappa shape index (κ3) is 1.51. The molecule has 1 rings (SSSR count). The van der Waals surface area contributed by atoms with Crippen LogP contribution in [-0.4, -0.2) is 21.8 Å². The summed E-state index contributed by atoms with van der Waals surface area (Å²) in [6, 6.07) is 0. The second kappa shape index (κ2) is 3.26. The van der Waals surface area contributed by atoms with E-state index in [4.69, 9.17) is 0 Å². The van der Waals surface area contributed by atoms with Crippen LogP contribution in [0.4, 0.5) is 0 Å². The number of rotatable bonds is 2. The second-order valence-corrected chi connectivity index (χ2v) is 2.22. The summed E-state index contributed by atoms with van der Waals surface area (Å²) in [6.07, 6.45) is 0. The molecule has 1 amide bonds. The maximum Gasteiger partial charge on any atom is 0.290 e. The van der Waals surface area contributed by atoms with E-state index < -0.39 is 0 Å². The predicted octanol–water partition coefficient (Wildman–Crippen LogP) is 0.288. The van der Waals surface area contributed by atoms with Crippen molar-refractivity contribution < 1.29 is 4.79 Å². The highest BCUT2D eigenvalue weighted by atomic mass is 32.1. The van der Waals surface area contributed by atoms with Gasteiger partial charge in [-0.2, -0.15) is 4.37 Å². The van der Waals surface area contributed by atoms with Gasteiger partial charge in [-0.3, -0.25) is 4.79 Å². The van der Waals surface area contributed by atoms with Gasteiger partial charge in [0.05, 0.1) is 0 Å². The highest BCUT2D eigenvalue weighted by Crippen LogP contribution is 1.92. The van der Waals surface area contributed by atoms with Crippen molar-refractivity contribution in [2.24, 2.45) is 0 Å². The van der Waals surface area contributed by atoms with Crippen molar-refractivity contribution in [2.45, 2.75) is 6.92 Å². The molecule has 0 saturated carbocycles. The van der Waals surface area contributed by atoms with E-state index in [-0.39, 0.29) is 11.7 Å². The van der Waals surface area contributed by atoms with Gasteiger partial charge < -0.3 is 5.32 Å². The van der Waals surface area contributed by atoms with Crippen LogP contribution in [0.5, 0.6) is 0 Å². The predicted molar refractivity (Wildman–Crippen MR) is 37.9 cm³/mol. The van der Waals surface area contributed by atoms with E-state index in [0.29, 0.717) is 6.54 Å². The van der Waals surface area contributed by atoms with Gasteiger partial charge >= 0.3 is 0 Å². The Morgan fingerprint density at radius 2 is 2.70 bits per heavy atom. The van der Waals surface area contributed by atoms with Crippen molar-refractivity contribution in [1.29, 1.82) is 0 Å². The van der Waals surface area contributed by atoms with E-state index in [1.807, 2.05) is 6.92 Å². The largest absolute Gasteiger partial charge is 0.350 e. The lowest BCUT2D eigenvalue weighted by Crippen LogP contribution is -2.23. The molecular formula is C5H7N3OS. The van der Waals surface area contributed by atoms with E-state index in [2.05, 4.69) is 14.7 Å². The summed E-state index contributed by atoms with van der Waals surface area (Å²) >= 11 is 1.17. The van der Waals surface area contributed by atoms with Gasteiger partial charge in [-0.05, 0) is 18.5 Å². The molecule has 0 aliphatic carbocycles. The molecule has 0 aromatic carbocycles. The zero-order chi connectivity index (χ0) is 7.40. The average Bonchev–Trinajstić information content (AvgIpc) is 2.38. The van der Waals surface area contributed by atoms with Crippen LogP contribution >= 0.6 is 11.5 Å². The fourth-order valence-electron chi connectivity index (χ4n) is 0.510. The number of carbonyl (C=O) groups is 1. The molecule has 0 fully saturated rings. The molecule has 0 atom stereocenters. The number of carbonyl (C=O) groups excluding carboxylic acids is 1. The van der Waals surface area contributed by atoms with Crippen LogP contribution in [0.3, 0.4) is 0 Å². The van der Waals surface area contributed by atoms with Crippen molar-refractivity contribution in [2.75, 3.05) is 6.54 Å². The SMILES string of the molecule is CCNC(=O)c1ncsn1. The zero-order valence-electron chi connectivity index (χ0n) is 5.50. The van der Waals surface area contributed by atoms with Crippen molar-refractivity contribution in [3.8, 4) is 0 Å². The third-order valence-electron chi connectivity index (χ3n) is 0.902. The zero-order valence-corrected chi connectivity index (χ0v) is 6.31. The number of hydrogen-bond donors (Lipinski definition) is 1. The number of nitrogens with one attached hydrogen (secondary N) is 1. The van der Waals surface area contributed by atoms with Crippen molar-refractivity contribution >= 4 is 17.4 Å². The number of amides is 1. The number of hydrogen-bond acceptors (Lipinski definition) is 4. The average molecular weight is 157 g/mol. The summed E-state index contributed by atoms with van der Waals surface area (Å²) in [7, 11) is 0. The molecule has 0 aliphatic rings. The Morgan fingerprint density at radius 1 is 1.90 bits per heavy atom. The minimum Gasteiger partial charge on any atom is -0.350 e. The van der Waals surface area contributed by atoms with E-state index in [1.54, 1.807) is 0 Å². The van der Waals surface area contributed by atoms with E-state index in [9.17, 15) is 4.79 Å². The fourth-order valence-corrected chi connectivity index (χ4v) is 0.934. The Labute approximate surface area is 62.5 Å². The topological polar surface area (TPSA) is 54.9 Å². The number of aromatic nitrogens is 2. The van der Waals surface area contributed by atoms with E-state index >= 15 is 0 Å². The van der Waals surface area contributed by atoms with Gasteiger partial charge in [0.15, 0.2) is 0 Å². The maximum atomic E-state index is 10.9. The molecule has 4 nitrogen and oxygen atoms in total. The quantitative estimate of drug-likeness (QED) is 0.671. The normalized spacial score (nSPS) is 9.30.